The molecule has 180 valence electrons. The van der Waals surface area contributed by atoms with Crippen molar-refractivity contribution in [2.75, 3.05) is 5.32 Å². The second-order valence-electron chi connectivity index (χ2n) is 11.0. The molecule has 0 radical (unpaired) electrons. The van der Waals surface area contributed by atoms with E-state index in [-0.39, 0.29) is 17.1 Å². The Kier molecular flexibility index (Phi) is 5.87. The maximum Gasteiger partial charge on any atom is 0.229 e. The van der Waals surface area contributed by atoms with E-state index in [9.17, 15) is 9.90 Å². The van der Waals surface area contributed by atoms with Crippen LogP contribution in [0.3, 0.4) is 0 Å². The Labute approximate surface area is 214 Å². The van der Waals surface area contributed by atoms with Crippen LogP contribution in [0.15, 0.2) is 59.2 Å². The van der Waals surface area contributed by atoms with Gasteiger partial charge in [-0.2, -0.15) is 0 Å². The Morgan fingerprint density at radius 1 is 0.971 bits per heavy atom. The molecule has 4 fully saturated rings. The number of halogens is 1. The van der Waals surface area contributed by atoms with Gasteiger partial charge in [0.25, 0.3) is 0 Å². The van der Waals surface area contributed by atoms with Crippen LogP contribution in [0.4, 0.5) is 5.82 Å². The molecule has 5 nitrogen and oxygen atoms in total. The van der Waals surface area contributed by atoms with Crippen LogP contribution >= 0.6 is 15.9 Å². The normalized spacial score (nSPS) is 26.6. The quantitative estimate of drug-likeness (QED) is 0.378. The highest BCUT2D eigenvalue weighted by molar-refractivity contribution is 9.10. The summed E-state index contributed by atoms with van der Waals surface area (Å²) in [6, 6.07) is 14.9. The van der Waals surface area contributed by atoms with Crippen molar-refractivity contribution in [3.05, 3.63) is 70.5 Å². The van der Waals surface area contributed by atoms with Crippen LogP contribution in [0.2, 0.25) is 0 Å². The van der Waals surface area contributed by atoms with Gasteiger partial charge in [0.2, 0.25) is 5.91 Å². The number of carbonyl (C=O) groups is 1. The van der Waals surface area contributed by atoms with Crippen LogP contribution in [-0.4, -0.2) is 21.0 Å². The number of benzene rings is 2. The summed E-state index contributed by atoms with van der Waals surface area (Å²) in [5.41, 5.74) is 3.82. The minimum atomic E-state index is -0.0780. The minimum absolute atomic E-state index is 0.0780. The molecule has 0 aliphatic heterocycles. The number of phenols is 1. The summed E-state index contributed by atoms with van der Waals surface area (Å²) in [6.07, 6.45) is 10.9. The zero-order valence-corrected chi connectivity index (χ0v) is 21.3. The molecular weight excluding hydrogens is 502 g/mol. The molecule has 4 aliphatic rings. The maximum absolute atomic E-state index is 13.0. The largest absolute Gasteiger partial charge is 0.508 e. The van der Waals surface area contributed by atoms with Gasteiger partial charge in [-0.15, -0.1) is 0 Å². The highest BCUT2D eigenvalue weighted by atomic mass is 79.9. The fourth-order valence-electron chi connectivity index (χ4n) is 7.25. The topological polar surface area (TPSA) is 75.1 Å². The third-order valence-electron chi connectivity index (χ3n) is 8.25. The molecule has 3 aromatic rings. The van der Waals surface area contributed by atoms with Gasteiger partial charge in [0, 0.05) is 10.0 Å². The summed E-state index contributed by atoms with van der Waals surface area (Å²) in [5.74, 6) is 3.29. The van der Waals surface area contributed by atoms with Crippen molar-refractivity contribution in [3.8, 4) is 17.0 Å². The van der Waals surface area contributed by atoms with Gasteiger partial charge in [0.15, 0.2) is 5.82 Å². The summed E-state index contributed by atoms with van der Waals surface area (Å²) >= 11 is 3.45. The summed E-state index contributed by atoms with van der Waals surface area (Å²) in [4.78, 5) is 22.7. The zero-order valence-electron chi connectivity index (χ0n) is 19.7. The molecule has 1 heterocycles. The number of anilines is 1. The van der Waals surface area contributed by atoms with Crippen LogP contribution < -0.4 is 5.32 Å². The lowest BCUT2D eigenvalue weighted by Crippen LogP contribution is -2.47. The predicted molar refractivity (Wildman–Crippen MR) is 140 cm³/mol. The van der Waals surface area contributed by atoms with Crippen LogP contribution in [-0.2, 0) is 17.6 Å². The first-order valence-corrected chi connectivity index (χ1v) is 13.4. The lowest BCUT2D eigenvalue weighted by molar-refractivity contribution is -0.115. The predicted octanol–water partition coefficient (Wildman–Crippen LogP) is 6.55. The molecule has 0 saturated heterocycles. The number of phenolic OH excluding ortho intramolecular Hbond substituents is 1. The lowest BCUT2D eigenvalue weighted by atomic mass is 9.48. The van der Waals surface area contributed by atoms with Crippen molar-refractivity contribution in [1.29, 1.82) is 0 Å². The van der Waals surface area contributed by atoms with Crippen molar-refractivity contribution >= 4 is 27.7 Å². The van der Waals surface area contributed by atoms with E-state index in [1.807, 2.05) is 36.4 Å². The van der Waals surface area contributed by atoms with Crippen LogP contribution in [0, 0.1) is 23.2 Å². The Morgan fingerprint density at radius 2 is 1.60 bits per heavy atom. The van der Waals surface area contributed by atoms with Gasteiger partial charge >= 0.3 is 0 Å². The number of hydrogen-bond donors (Lipinski definition) is 2. The summed E-state index contributed by atoms with van der Waals surface area (Å²) in [7, 11) is 0. The number of amides is 1. The third kappa shape index (κ3) is 4.86. The molecule has 6 heteroatoms. The molecular formula is C29H30BrN3O2. The van der Waals surface area contributed by atoms with E-state index in [0.717, 1.165) is 51.2 Å². The number of hydrogen-bond acceptors (Lipinski definition) is 4. The van der Waals surface area contributed by atoms with Crippen molar-refractivity contribution in [3.63, 3.8) is 0 Å². The van der Waals surface area contributed by atoms with Crippen molar-refractivity contribution in [2.24, 2.45) is 23.2 Å². The number of aromatic hydroxyl groups is 1. The molecule has 0 atom stereocenters. The fourth-order valence-corrected chi connectivity index (χ4v) is 7.52. The van der Waals surface area contributed by atoms with Gasteiger partial charge in [-0.1, -0.05) is 28.1 Å². The van der Waals surface area contributed by atoms with Gasteiger partial charge in [-0.05, 0) is 110 Å². The zero-order chi connectivity index (χ0) is 24.0. The minimum Gasteiger partial charge on any atom is -0.508 e. The van der Waals surface area contributed by atoms with Crippen LogP contribution in [0.5, 0.6) is 5.75 Å². The second kappa shape index (κ2) is 9.05. The number of carbonyl (C=O) groups excluding carboxylic acids is 1. The van der Waals surface area contributed by atoms with Gasteiger partial charge in [-0.25, -0.2) is 9.97 Å². The van der Waals surface area contributed by atoms with Gasteiger partial charge in [-0.3, -0.25) is 4.79 Å². The van der Waals surface area contributed by atoms with E-state index in [4.69, 9.17) is 9.97 Å². The van der Waals surface area contributed by atoms with E-state index >= 15 is 0 Å². The van der Waals surface area contributed by atoms with Gasteiger partial charge in [0.1, 0.15) is 5.75 Å². The molecule has 4 saturated carbocycles. The van der Waals surface area contributed by atoms with E-state index in [2.05, 4.69) is 21.2 Å². The average Bonchev–Trinajstić information content (AvgIpc) is 2.81. The number of rotatable bonds is 6. The first-order valence-electron chi connectivity index (χ1n) is 12.6. The van der Waals surface area contributed by atoms with Gasteiger partial charge < -0.3 is 10.4 Å². The SMILES string of the molecule is O=C(Cc1ccc(Br)cc1)Nc1ncc(-c2ccc(O)cc2)nc1CC12CC3CC(CC(C3)C1)C2. The highest BCUT2D eigenvalue weighted by Crippen LogP contribution is 2.61. The van der Waals surface area contributed by atoms with E-state index < -0.39 is 0 Å². The number of nitrogens with zero attached hydrogens (tertiary/aromatic N) is 2. The molecule has 0 unspecified atom stereocenters. The Bertz CT molecular complexity index is 1200. The standard InChI is InChI=1S/C29H30BrN3O2/c30-23-5-1-18(2-6-23)12-27(35)33-28-25(32-26(17-31-28)22-3-7-24(34)8-4-22)16-29-13-19-9-20(14-29)11-21(10-19)15-29/h1-8,17,19-21,34H,9-16H2,(H,31,33,35). The Morgan fingerprint density at radius 3 is 2.23 bits per heavy atom. The average molecular weight is 532 g/mol. The molecule has 7 rings (SSSR count). The summed E-state index contributed by atoms with van der Waals surface area (Å²) in [6.45, 7) is 0. The molecule has 4 aliphatic carbocycles. The summed E-state index contributed by atoms with van der Waals surface area (Å²) < 4.78 is 0.996. The lowest BCUT2D eigenvalue weighted by Gasteiger charge is -2.57. The molecule has 4 bridgehead atoms. The van der Waals surface area contributed by atoms with Crippen molar-refractivity contribution < 1.29 is 9.90 Å². The fraction of sp³-hybridized carbons (Fsp3) is 0.414. The number of aromatic nitrogens is 2. The van der Waals surface area contributed by atoms with Gasteiger partial charge in [0.05, 0.1) is 24.0 Å². The van der Waals surface area contributed by atoms with Crippen molar-refractivity contribution in [2.45, 2.75) is 51.4 Å². The molecule has 35 heavy (non-hydrogen) atoms. The Balaban J connectivity index is 1.29. The Hall–Kier alpha value is -2.73. The molecule has 0 spiro atoms. The molecule has 1 amide bonds. The van der Waals surface area contributed by atoms with Crippen LogP contribution in [0.1, 0.15) is 49.8 Å². The van der Waals surface area contributed by atoms with E-state index in [1.165, 1.54) is 38.5 Å². The smallest absolute Gasteiger partial charge is 0.229 e. The van der Waals surface area contributed by atoms with E-state index in [1.54, 1.807) is 18.3 Å². The monoisotopic (exact) mass is 531 g/mol. The van der Waals surface area contributed by atoms with Crippen LogP contribution in [0.25, 0.3) is 11.3 Å². The number of nitrogens with one attached hydrogen (secondary N) is 1. The first kappa shape index (κ1) is 22.7. The molecule has 2 N–H and O–H groups in total. The first-order chi connectivity index (χ1) is 16.9. The third-order valence-corrected chi connectivity index (χ3v) is 8.78. The maximum atomic E-state index is 13.0. The van der Waals surface area contributed by atoms with E-state index in [0.29, 0.717) is 12.2 Å². The van der Waals surface area contributed by atoms with Crippen molar-refractivity contribution in [1.82, 2.24) is 9.97 Å². The molecule has 2 aromatic carbocycles. The highest BCUT2D eigenvalue weighted by Gasteiger charge is 2.51. The summed E-state index contributed by atoms with van der Waals surface area (Å²) in [5, 5.41) is 12.8. The second-order valence-corrected chi connectivity index (χ2v) is 12.0. The molecule has 1 aromatic heterocycles.